The van der Waals surface area contributed by atoms with Gasteiger partial charge in [-0.2, -0.15) is 0 Å². The number of halogens is 1. The minimum Gasteiger partial charge on any atom is -0.339 e. The normalized spacial score (nSPS) is 11.1. The smallest absolute Gasteiger partial charge is 0.263 e. The van der Waals surface area contributed by atoms with Crippen LogP contribution in [0.1, 0.15) is 5.56 Å². The number of nitrogens with zero attached hydrogens (tertiary/aromatic N) is 2. The summed E-state index contributed by atoms with van der Waals surface area (Å²) in [7, 11) is -3.74. The first kappa shape index (κ1) is 16.8. The van der Waals surface area contributed by atoms with Gasteiger partial charge < -0.3 is 5.32 Å². The van der Waals surface area contributed by atoms with Crippen LogP contribution in [0.5, 0.6) is 0 Å². The molecule has 1 heterocycles. The second-order valence-corrected chi connectivity index (χ2v) is 7.04. The van der Waals surface area contributed by atoms with E-state index in [9.17, 15) is 12.8 Å². The lowest BCUT2D eigenvalue weighted by molar-refractivity contribution is 0.601. The molecule has 2 aromatic carbocycles. The summed E-state index contributed by atoms with van der Waals surface area (Å²) < 4.78 is 40.2. The van der Waals surface area contributed by atoms with Gasteiger partial charge in [-0.1, -0.05) is 18.2 Å². The van der Waals surface area contributed by atoms with Crippen LogP contribution in [0.25, 0.3) is 0 Å². The summed E-state index contributed by atoms with van der Waals surface area (Å²) >= 11 is 0. The third-order valence-corrected chi connectivity index (χ3v) is 4.65. The Morgan fingerprint density at radius 1 is 0.920 bits per heavy atom. The van der Waals surface area contributed by atoms with Gasteiger partial charge in [-0.25, -0.2) is 12.8 Å². The maximum absolute atomic E-state index is 13.2. The van der Waals surface area contributed by atoms with Crippen LogP contribution >= 0.6 is 0 Å². The molecule has 0 atom stereocenters. The van der Waals surface area contributed by atoms with E-state index in [-0.39, 0.29) is 16.5 Å². The van der Waals surface area contributed by atoms with E-state index in [2.05, 4.69) is 20.2 Å². The minimum atomic E-state index is -3.74. The molecule has 128 valence electrons. The molecule has 3 aromatic rings. The third-order valence-electron chi connectivity index (χ3n) is 3.30. The number of nitrogens with one attached hydrogen (secondary N) is 2. The van der Waals surface area contributed by atoms with E-state index in [4.69, 9.17) is 0 Å². The highest BCUT2D eigenvalue weighted by molar-refractivity contribution is 7.92. The zero-order valence-electron chi connectivity index (χ0n) is 13.3. The molecule has 0 saturated heterocycles. The van der Waals surface area contributed by atoms with Crippen molar-refractivity contribution in [2.75, 3.05) is 10.0 Å². The highest BCUT2D eigenvalue weighted by atomic mass is 32.2. The number of anilines is 3. The standard InChI is InChI=1S/C17H15FN4O2S/c1-12-4-2-7-15(10-12)25(23,24)22-17-9-8-16(20-21-17)19-14-6-3-5-13(18)11-14/h2-11H,1H3,(H,19,20)(H,21,22). The highest BCUT2D eigenvalue weighted by Gasteiger charge is 2.15. The molecule has 0 amide bonds. The summed E-state index contributed by atoms with van der Waals surface area (Å²) in [6, 6.07) is 15.5. The van der Waals surface area contributed by atoms with Crippen molar-refractivity contribution in [2.45, 2.75) is 11.8 Å². The fourth-order valence-electron chi connectivity index (χ4n) is 2.15. The van der Waals surface area contributed by atoms with E-state index < -0.39 is 10.0 Å². The Bertz CT molecular complexity index is 992. The molecule has 0 fully saturated rings. The average Bonchev–Trinajstić information content (AvgIpc) is 2.56. The lowest BCUT2D eigenvalue weighted by Gasteiger charge is -2.09. The molecular formula is C17H15FN4O2S. The molecule has 6 nitrogen and oxygen atoms in total. The van der Waals surface area contributed by atoms with Crippen molar-refractivity contribution in [2.24, 2.45) is 0 Å². The van der Waals surface area contributed by atoms with Crippen LogP contribution in [0.3, 0.4) is 0 Å². The Kier molecular flexibility index (Phi) is 4.62. The van der Waals surface area contributed by atoms with Gasteiger partial charge in [-0.05, 0) is 55.0 Å². The van der Waals surface area contributed by atoms with Gasteiger partial charge in [0.15, 0.2) is 11.6 Å². The minimum absolute atomic E-state index is 0.0892. The quantitative estimate of drug-likeness (QED) is 0.730. The number of benzene rings is 2. The number of aromatic nitrogens is 2. The van der Waals surface area contributed by atoms with Gasteiger partial charge in [0.1, 0.15) is 5.82 Å². The molecule has 0 bridgehead atoms. The van der Waals surface area contributed by atoms with E-state index in [0.29, 0.717) is 11.5 Å². The van der Waals surface area contributed by atoms with Crippen molar-refractivity contribution in [3.8, 4) is 0 Å². The summed E-state index contributed by atoms with van der Waals surface area (Å²) in [6.07, 6.45) is 0. The summed E-state index contributed by atoms with van der Waals surface area (Å²) in [5, 5.41) is 10.6. The predicted molar refractivity (Wildman–Crippen MR) is 93.7 cm³/mol. The molecule has 0 aliphatic heterocycles. The van der Waals surface area contributed by atoms with E-state index in [1.54, 1.807) is 30.3 Å². The first-order chi connectivity index (χ1) is 11.9. The Labute approximate surface area is 144 Å². The van der Waals surface area contributed by atoms with Gasteiger partial charge in [0.25, 0.3) is 10.0 Å². The van der Waals surface area contributed by atoms with Gasteiger partial charge in [0.2, 0.25) is 0 Å². The zero-order valence-corrected chi connectivity index (χ0v) is 14.1. The molecule has 0 unspecified atom stereocenters. The Balaban J connectivity index is 1.74. The maximum atomic E-state index is 13.2. The van der Waals surface area contributed by atoms with Crippen molar-refractivity contribution in [3.63, 3.8) is 0 Å². The molecule has 2 N–H and O–H groups in total. The number of hydrogen-bond donors (Lipinski definition) is 2. The fraction of sp³-hybridized carbons (Fsp3) is 0.0588. The van der Waals surface area contributed by atoms with Crippen LogP contribution in [0.2, 0.25) is 0 Å². The topological polar surface area (TPSA) is 84.0 Å². The van der Waals surface area contributed by atoms with Crippen LogP contribution < -0.4 is 10.0 Å². The Morgan fingerprint density at radius 2 is 1.64 bits per heavy atom. The molecule has 3 rings (SSSR count). The molecule has 1 aromatic heterocycles. The monoisotopic (exact) mass is 358 g/mol. The number of hydrogen-bond acceptors (Lipinski definition) is 5. The molecule has 0 spiro atoms. The van der Waals surface area contributed by atoms with Crippen molar-refractivity contribution in [1.82, 2.24) is 10.2 Å². The zero-order chi connectivity index (χ0) is 17.9. The molecular weight excluding hydrogens is 343 g/mol. The van der Waals surface area contributed by atoms with E-state index in [1.165, 1.54) is 24.3 Å². The first-order valence-electron chi connectivity index (χ1n) is 7.38. The fourth-order valence-corrected chi connectivity index (χ4v) is 3.25. The summed E-state index contributed by atoms with van der Waals surface area (Å²) in [5.74, 6) is 0.0795. The predicted octanol–water partition coefficient (Wildman–Crippen LogP) is 3.47. The number of aryl methyl sites for hydroxylation is 1. The van der Waals surface area contributed by atoms with Crippen LogP contribution in [-0.4, -0.2) is 18.6 Å². The second-order valence-electron chi connectivity index (χ2n) is 5.36. The van der Waals surface area contributed by atoms with Crippen LogP contribution in [-0.2, 0) is 10.0 Å². The van der Waals surface area contributed by atoms with Gasteiger partial charge in [-0.15, -0.1) is 10.2 Å². The Morgan fingerprint density at radius 3 is 2.32 bits per heavy atom. The number of rotatable bonds is 5. The highest BCUT2D eigenvalue weighted by Crippen LogP contribution is 2.18. The Hall–Kier alpha value is -3.00. The average molecular weight is 358 g/mol. The van der Waals surface area contributed by atoms with Gasteiger partial charge in [0.05, 0.1) is 4.90 Å². The van der Waals surface area contributed by atoms with Crippen molar-refractivity contribution >= 4 is 27.3 Å². The SMILES string of the molecule is Cc1cccc(S(=O)(=O)Nc2ccc(Nc3cccc(F)c3)nn2)c1. The molecule has 0 radical (unpaired) electrons. The van der Waals surface area contributed by atoms with Crippen LogP contribution in [0.15, 0.2) is 65.6 Å². The van der Waals surface area contributed by atoms with Crippen molar-refractivity contribution in [1.29, 1.82) is 0 Å². The van der Waals surface area contributed by atoms with Crippen molar-refractivity contribution in [3.05, 3.63) is 72.0 Å². The summed E-state index contributed by atoms with van der Waals surface area (Å²) in [5.41, 5.74) is 1.35. The van der Waals surface area contributed by atoms with E-state index in [0.717, 1.165) is 5.56 Å². The van der Waals surface area contributed by atoms with Crippen LogP contribution in [0, 0.1) is 12.7 Å². The molecule has 8 heteroatoms. The largest absolute Gasteiger partial charge is 0.339 e. The first-order valence-corrected chi connectivity index (χ1v) is 8.86. The number of sulfonamides is 1. The van der Waals surface area contributed by atoms with Crippen molar-refractivity contribution < 1.29 is 12.8 Å². The molecule has 0 saturated carbocycles. The third kappa shape index (κ3) is 4.30. The maximum Gasteiger partial charge on any atom is 0.263 e. The summed E-state index contributed by atoms with van der Waals surface area (Å²) in [6.45, 7) is 1.81. The van der Waals surface area contributed by atoms with Gasteiger partial charge in [-0.3, -0.25) is 4.72 Å². The van der Waals surface area contributed by atoms with Gasteiger partial charge in [0, 0.05) is 5.69 Å². The summed E-state index contributed by atoms with van der Waals surface area (Å²) in [4.78, 5) is 0.149. The van der Waals surface area contributed by atoms with Gasteiger partial charge >= 0.3 is 0 Å². The van der Waals surface area contributed by atoms with E-state index in [1.807, 2.05) is 13.0 Å². The molecule has 0 aliphatic rings. The second kappa shape index (κ2) is 6.86. The lowest BCUT2D eigenvalue weighted by Crippen LogP contribution is -2.14. The van der Waals surface area contributed by atoms with Crippen LogP contribution in [0.4, 0.5) is 21.7 Å². The molecule has 25 heavy (non-hydrogen) atoms. The lowest BCUT2D eigenvalue weighted by atomic mass is 10.2. The molecule has 0 aliphatic carbocycles. The van der Waals surface area contributed by atoms with E-state index >= 15 is 0 Å².